The number of carbonyl (C=O) groups excluding carboxylic acids is 1. The molecule has 1 aromatic heterocycles. The first-order chi connectivity index (χ1) is 15.9. The Kier molecular flexibility index (Phi) is 6.79. The van der Waals surface area contributed by atoms with Crippen molar-refractivity contribution in [3.63, 3.8) is 0 Å². The van der Waals surface area contributed by atoms with Crippen molar-refractivity contribution in [1.82, 2.24) is 4.98 Å². The molecule has 0 amide bonds. The van der Waals surface area contributed by atoms with Gasteiger partial charge in [-0.3, -0.25) is 10.1 Å². The Morgan fingerprint density at radius 1 is 1.18 bits per heavy atom. The molecule has 0 radical (unpaired) electrons. The van der Waals surface area contributed by atoms with E-state index in [1.54, 1.807) is 25.1 Å². The van der Waals surface area contributed by atoms with Crippen LogP contribution in [0.25, 0.3) is 11.5 Å². The first-order valence-electron chi connectivity index (χ1n) is 10.7. The molecule has 1 fully saturated rings. The van der Waals surface area contributed by atoms with E-state index in [1.807, 2.05) is 0 Å². The van der Waals surface area contributed by atoms with Gasteiger partial charge in [-0.2, -0.15) is 0 Å². The van der Waals surface area contributed by atoms with Crippen molar-refractivity contribution >= 4 is 11.7 Å². The molecule has 3 aromatic rings. The number of aromatic nitrogens is 1. The van der Waals surface area contributed by atoms with Gasteiger partial charge < -0.3 is 13.9 Å². The van der Waals surface area contributed by atoms with Crippen LogP contribution in [0.2, 0.25) is 0 Å². The summed E-state index contributed by atoms with van der Waals surface area (Å²) in [5.74, 6) is -0.0280. The predicted octanol–water partition coefficient (Wildman–Crippen LogP) is 5.38. The highest BCUT2D eigenvalue weighted by Crippen LogP contribution is 2.28. The number of rotatable bonds is 7. The third kappa shape index (κ3) is 5.43. The van der Waals surface area contributed by atoms with Gasteiger partial charge >= 0.3 is 5.97 Å². The Morgan fingerprint density at radius 2 is 1.91 bits per heavy atom. The van der Waals surface area contributed by atoms with Gasteiger partial charge in [0.2, 0.25) is 5.89 Å². The SMILES string of the molecule is Cc1oc(-c2ccc(F)cc2)nc1COC1CCCC(OC(=O)c2ccccc2[N+](=O)[O-])C1. The molecule has 0 aliphatic heterocycles. The molecule has 1 aliphatic carbocycles. The summed E-state index contributed by atoms with van der Waals surface area (Å²) in [4.78, 5) is 27.6. The van der Waals surface area contributed by atoms with Gasteiger partial charge in [0, 0.05) is 18.1 Å². The number of para-hydroxylation sites is 1. The van der Waals surface area contributed by atoms with E-state index < -0.39 is 10.9 Å². The van der Waals surface area contributed by atoms with E-state index in [-0.39, 0.29) is 35.9 Å². The zero-order valence-corrected chi connectivity index (χ0v) is 18.0. The molecule has 9 heteroatoms. The number of aryl methyl sites for hydroxylation is 1. The second kappa shape index (κ2) is 9.91. The van der Waals surface area contributed by atoms with Crippen LogP contribution in [0.3, 0.4) is 0 Å². The molecule has 0 N–H and O–H groups in total. The average molecular weight is 454 g/mol. The fourth-order valence-electron chi connectivity index (χ4n) is 3.86. The topological polar surface area (TPSA) is 105 Å². The number of esters is 1. The summed E-state index contributed by atoms with van der Waals surface area (Å²) in [6, 6.07) is 11.6. The van der Waals surface area contributed by atoms with Crippen molar-refractivity contribution in [2.24, 2.45) is 0 Å². The van der Waals surface area contributed by atoms with E-state index in [4.69, 9.17) is 13.9 Å². The minimum absolute atomic E-state index is 0.0583. The molecule has 0 spiro atoms. The largest absolute Gasteiger partial charge is 0.458 e. The molecule has 2 aromatic carbocycles. The molecular weight excluding hydrogens is 431 g/mol. The zero-order valence-electron chi connectivity index (χ0n) is 18.0. The van der Waals surface area contributed by atoms with Crippen molar-refractivity contribution in [3.05, 3.63) is 81.5 Å². The lowest BCUT2D eigenvalue weighted by atomic mass is 9.94. The Balaban J connectivity index is 1.35. The molecule has 172 valence electrons. The van der Waals surface area contributed by atoms with Gasteiger partial charge in [-0.1, -0.05) is 12.1 Å². The number of halogens is 1. The standard InChI is InChI=1S/C24H23FN2O6/c1-15-21(26-23(32-15)16-9-11-17(25)12-10-16)14-31-18-5-4-6-19(13-18)33-24(28)20-7-2-3-8-22(20)27(29)30/h2-3,7-12,18-19H,4-6,13-14H2,1H3. The first-order valence-corrected chi connectivity index (χ1v) is 10.7. The number of hydrogen-bond acceptors (Lipinski definition) is 7. The lowest BCUT2D eigenvalue weighted by Crippen LogP contribution is -2.30. The van der Waals surface area contributed by atoms with Crippen molar-refractivity contribution in [3.8, 4) is 11.5 Å². The van der Waals surface area contributed by atoms with Gasteiger partial charge in [-0.25, -0.2) is 14.2 Å². The summed E-state index contributed by atoms with van der Waals surface area (Å²) < 4.78 is 30.4. The highest BCUT2D eigenvalue weighted by molar-refractivity contribution is 5.93. The zero-order chi connectivity index (χ0) is 23.4. The fraction of sp³-hybridized carbons (Fsp3) is 0.333. The van der Waals surface area contributed by atoms with Gasteiger partial charge in [-0.15, -0.1) is 0 Å². The molecule has 0 bridgehead atoms. The molecule has 0 saturated heterocycles. The van der Waals surface area contributed by atoms with E-state index in [9.17, 15) is 19.3 Å². The molecule has 2 unspecified atom stereocenters. The monoisotopic (exact) mass is 454 g/mol. The maximum Gasteiger partial charge on any atom is 0.345 e. The van der Waals surface area contributed by atoms with Gasteiger partial charge in [0.1, 0.15) is 28.9 Å². The van der Waals surface area contributed by atoms with Gasteiger partial charge in [-0.05, 0) is 56.5 Å². The molecule has 8 nitrogen and oxygen atoms in total. The number of nitrogens with zero attached hydrogens (tertiary/aromatic N) is 2. The number of oxazole rings is 1. The van der Waals surface area contributed by atoms with Gasteiger partial charge in [0.15, 0.2) is 0 Å². The van der Waals surface area contributed by atoms with Crippen LogP contribution in [0.1, 0.15) is 47.5 Å². The number of nitro groups is 1. The van der Waals surface area contributed by atoms with E-state index >= 15 is 0 Å². The Labute approximate surface area is 189 Å². The third-order valence-electron chi connectivity index (χ3n) is 5.61. The Morgan fingerprint density at radius 3 is 2.67 bits per heavy atom. The number of benzene rings is 2. The van der Waals surface area contributed by atoms with Crippen LogP contribution in [0.5, 0.6) is 0 Å². The summed E-state index contributed by atoms with van der Waals surface area (Å²) in [7, 11) is 0. The molecule has 33 heavy (non-hydrogen) atoms. The molecule has 1 aliphatic rings. The maximum atomic E-state index is 13.1. The number of hydrogen-bond donors (Lipinski definition) is 0. The van der Waals surface area contributed by atoms with Gasteiger partial charge in [0.05, 0.1) is 17.6 Å². The van der Waals surface area contributed by atoms with E-state index in [2.05, 4.69) is 4.98 Å². The minimum atomic E-state index is -0.704. The van der Waals surface area contributed by atoms with Crippen molar-refractivity contribution < 1.29 is 28.0 Å². The lowest BCUT2D eigenvalue weighted by Gasteiger charge is -2.28. The molecule has 1 saturated carbocycles. The van der Waals surface area contributed by atoms with Gasteiger partial charge in [0.25, 0.3) is 5.69 Å². The summed E-state index contributed by atoms with van der Waals surface area (Å²) in [6.07, 6.45) is 2.24. The van der Waals surface area contributed by atoms with Crippen LogP contribution in [-0.4, -0.2) is 28.1 Å². The summed E-state index contributed by atoms with van der Waals surface area (Å²) in [5.41, 5.74) is 0.986. The number of ether oxygens (including phenoxy) is 2. The summed E-state index contributed by atoms with van der Waals surface area (Å²) >= 11 is 0. The smallest absolute Gasteiger partial charge is 0.345 e. The summed E-state index contributed by atoms with van der Waals surface area (Å²) in [6.45, 7) is 2.02. The predicted molar refractivity (Wildman–Crippen MR) is 116 cm³/mol. The molecule has 1 heterocycles. The number of nitro benzene ring substituents is 1. The average Bonchev–Trinajstić information content (AvgIpc) is 3.18. The van der Waals surface area contributed by atoms with Crippen LogP contribution in [-0.2, 0) is 16.1 Å². The van der Waals surface area contributed by atoms with Crippen LogP contribution < -0.4 is 0 Å². The first kappa shape index (κ1) is 22.6. The Bertz CT molecular complexity index is 1140. The molecule has 2 atom stereocenters. The van der Waals surface area contributed by atoms with Crippen LogP contribution in [0, 0.1) is 22.9 Å². The van der Waals surface area contributed by atoms with Crippen molar-refractivity contribution in [2.75, 3.05) is 0 Å². The maximum absolute atomic E-state index is 13.1. The van der Waals surface area contributed by atoms with E-state index in [0.717, 1.165) is 12.8 Å². The summed E-state index contributed by atoms with van der Waals surface area (Å²) in [5, 5.41) is 11.2. The van der Waals surface area contributed by atoms with Crippen LogP contribution >= 0.6 is 0 Å². The normalized spacial score (nSPS) is 18.1. The fourth-order valence-corrected chi connectivity index (χ4v) is 3.86. The quantitative estimate of drug-likeness (QED) is 0.268. The highest BCUT2D eigenvalue weighted by atomic mass is 19.1. The highest BCUT2D eigenvalue weighted by Gasteiger charge is 2.29. The third-order valence-corrected chi connectivity index (χ3v) is 5.61. The second-order valence-corrected chi connectivity index (χ2v) is 7.93. The molecule has 4 rings (SSSR count). The number of carbonyl (C=O) groups is 1. The second-order valence-electron chi connectivity index (χ2n) is 7.93. The van der Waals surface area contributed by atoms with Crippen LogP contribution in [0.15, 0.2) is 52.9 Å². The minimum Gasteiger partial charge on any atom is -0.458 e. The molecular formula is C24H23FN2O6. The van der Waals surface area contributed by atoms with Crippen molar-refractivity contribution in [2.45, 2.75) is 51.4 Å². The van der Waals surface area contributed by atoms with E-state index in [0.29, 0.717) is 35.7 Å². The lowest BCUT2D eigenvalue weighted by molar-refractivity contribution is -0.385. The van der Waals surface area contributed by atoms with Crippen LogP contribution in [0.4, 0.5) is 10.1 Å². The Hall–Kier alpha value is -3.59. The van der Waals surface area contributed by atoms with Crippen molar-refractivity contribution in [1.29, 1.82) is 0 Å². The van der Waals surface area contributed by atoms with E-state index in [1.165, 1.54) is 30.3 Å².